The molecule has 1 fully saturated rings. The van der Waals surface area contributed by atoms with Gasteiger partial charge in [-0.15, -0.1) is 0 Å². The van der Waals surface area contributed by atoms with Gasteiger partial charge in [-0.3, -0.25) is 4.79 Å². The third-order valence-electron chi connectivity index (χ3n) is 2.84. The van der Waals surface area contributed by atoms with Crippen molar-refractivity contribution in [2.45, 2.75) is 30.9 Å². The third-order valence-corrected chi connectivity index (χ3v) is 4.95. The Hall–Kier alpha value is 0.130. The van der Waals surface area contributed by atoms with Crippen LogP contribution in [0.2, 0.25) is 0 Å². The second-order valence-corrected chi connectivity index (χ2v) is 5.91. The Bertz CT molecular complexity index is 214. The van der Waals surface area contributed by atoms with Crippen LogP contribution in [0.3, 0.4) is 0 Å². The number of carbonyl (C=O) groups is 1. The van der Waals surface area contributed by atoms with E-state index in [1.54, 1.807) is 0 Å². The highest BCUT2D eigenvalue weighted by atomic mass is 32.2. The molecule has 2 unspecified atom stereocenters. The molecule has 0 aromatic carbocycles. The summed E-state index contributed by atoms with van der Waals surface area (Å²) in [6.45, 7) is 1.54. The first-order valence-corrected chi connectivity index (χ1v) is 7.66. The van der Waals surface area contributed by atoms with E-state index in [2.05, 4.69) is 17.9 Å². The molecule has 3 N–H and O–H groups in total. The molecule has 1 heterocycles. The summed E-state index contributed by atoms with van der Waals surface area (Å²) in [7, 11) is 0. The molecule has 2 atom stereocenters. The van der Waals surface area contributed by atoms with E-state index in [0.29, 0.717) is 5.25 Å². The number of thioether (sulfide) groups is 1. The number of nitrogens with two attached hydrogens (primary N) is 1. The first kappa shape index (κ1) is 14.2. The molecular formula is C11H22N2OS2. The van der Waals surface area contributed by atoms with Crippen molar-refractivity contribution in [2.24, 2.45) is 11.7 Å². The molecule has 1 rings (SSSR count). The molecule has 94 valence electrons. The lowest BCUT2D eigenvalue weighted by atomic mass is 10.1. The van der Waals surface area contributed by atoms with Gasteiger partial charge in [-0.1, -0.05) is 6.42 Å². The van der Waals surface area contributed by atoms with E-state index in [-0.39, 0.29) is 11.8 Å². The van der Waals surface area contributed by atoms with Crippen LogP contribution in [-0.2, 0) is 4.79 Å². The summed E-state index contributed by atoms with van der Waals surface area (Å²) in [5.74, 6) is 2.27. The maximum Gasteiger partial charge on any atom is 0.223 e. The van der Waals surface area contributed by atoms with Gasteiger partial charge in [-0.2, -0.15) is 24.4 Å². The van der Waals surface area contributed by atoms with Gasteiger partial charge in [-0.05, 0) is 25.8 Å². The van der Waals surface area contributed by atoms with Crippen LogP contribution in [0.15, 0.2) is 0 Å². The van der Waals surface area contributed by atoms with E-state index in [1.165, 1.54) is 0 Å². The van der Waals surface area contributed by atoms with Crippen molar-refractivity contribution < 1.29 is 4.79 Å². The second kappa shape index (κ2) is 8.25. The molecule has 0 spiro atoms. The number of unbranched alkanes of at least 4 members (excludes halogenated alkanes) is 2. The number of rotatable bonds is 7. The fourth-order valence-corrected chi connectivity index (χ4v) is 3.55. The molecule has 0 aromatic rings. The minimum absolute atomic E-state index is 0.205. The van der Waals surface area contributed by atoms with E-state index in [1.807, 2.05) is 11.8 Å². The zero-order chi connectivity index (χ0) is 11.8. The van der Waals surface area contributed by atoms with E-state index in [4.69, 9.17) is 5.73 Å². The molecule has 0 radical (unpaired) electrons. The van der Waals surface area contributed by atoms with Gasteiger partial charge in [0.05, 0.1) is 0 Å². The molecule has 0 bridgehead atoms. The Morgan fingerprint density at radius 2 is 2.25 bits per heavy atom. The van der Waals surface area contributed by atoms with Gasteiger partial charge < -0.3 is 11.1 Å². The van der Waals surface area contributed by atoms with E-state index in [9.17, 15) is 4.79 Å². The Morgan fingerprint density at radius 3 is 2.88 bits per heavy atom. The summed E-state index contributed by atoms with van der Waals surface area (Å²) in [6.07, 6.45) is 4.19. The largest absolute Gasteiger partial charge is 0.356 e. The quantitative estimate of drug-likeness (QED) is 0.478. The number of carbonyl (C=O) groups excluding carboxylic acids is 1. The lowest BCUT2D eigenvalue weighted by Gasteiger charge is -2.10. The first-order chi connectivity index (χ1) is 7.77. The smallest absolute Gasteiger partial charge is 0.223 e. The maximum absolute atomic E-state index is 11.8. The first-order valence-electron chi connectivity index (χ1n) is 5.98. The average Bonchev–Trinajstić information content (AvgIpc) is 2.77. The van der Waals surface area contributed by atoms with Crippen molar-refractivity contribution in [1.29, 1.82) is 0 Å². The summed E-state index contributed by atoms with van der Waals surface area (Å²) in [5, 5.41) is 3.58. The van der Waals surface area contributed by atoms with E-state index in [0.717, 1.165) is 50.3 Å². The molecule has 1 saturated heterocycles. The molecule has 0 aromatic heterocycles. The van der Waals surface area contributed by atoms with Gasteiger partial charge in [-0.25, -0.2) is 0 Å². The second-order valence-electron chi connectivity index (χ2n) is 4.21. The van der Waals surface area contributed by atoms with Crippen molar-refractivity contribution >= 4 is 30.3 Å². The zero-order valence-corrected chi connectivity index (χ0v) is 11.4. The van der Waals surface area contributed by atoms with Gasteiger partial charge >= 0.3 is 0 Å². The topological polar surface area (TPSA) is 55.1 Å². The summed E-state index contributed by atoms with van der Waals surface area (Å²) in [6, 6.07) is 0. The summed E-state index contributed by atoms with van der Waals surface area (Å²) < 4.78 is 0. The van der Waals surface area contributed by atoms with Crippen molar-refractivity contribution in [1.82, 2.24) is 5.32 Å². The molecule has 1 aliphatic rings. The molecule has 1 aliphatic heterocycles. The molecule has 1 amide bonds. The molecule has 5 heteroatoms. The van der Waals surface area contributed by atoms with Crippen LogP contribution >= 0.6 is 24.4 Å². The minimum Gasteiger partial charge on any atom is -0.356 e. The molecule has 0 aliphatic carbocycles. The SMILES string of the molecule is NCCCCCNC(=O)C1CSC(CS)C1. The number of nitrogens with one attached hydrogen (secondary N) is 1. The predicted octanol–water partition coefficient (Wildman–Crippen LogP) is 1.28. The number of thiol groups is 1. The third kappa shape index (κ3) is 4.97. The van der Waals surface area contributed by atoms with Crippen LogP contribution < -0.4 is 11.1 Å². The highest BCUT2D eigenvalue weighted by Gasteiger charge is 2.29. The average molecular weight is 262 g/mol. The molecule has 3 nitrogen and oxygen atoms in total. The summed E-state index contributed by atoms with van der Waals surface area (Å²) in [5.41, 5.74) is 5.40. The summed E-state index contributed by atoms with van der Waals surface area (Å²) in [4.78, 5) is 11.8. The summed E-state index contributed by atoms with van der Waals surface area (Å²) >= 11 is 6.14. The van der Waals surface area contributed by atoms with Gasteiger partial charge in [0.2, 0.25) is 5.91 Å². The molecular weight excluding hydrogens is 240 g/mol. The normalized spacial score (nSPS) is 24.6. The fourth-order valence-electron chi connectivity index (χ4n) is 1.82. The van der Waals surface area contributed by atoms with Crippen LogP contribution in [0.4, 0.5) is 0 Å². The lowest BCUT2D eigenvalue weighted by molar-refractivity contribution is -0.124. The van der Waals surface area contributed by atoms with Crippen LogP contribution in [-0.4, -0.2) is 35.8 Å². The van der Waals surface area contributed by atoms with Crippen LogP contribution in [0.1, 0.15) is 25.7 Å². The van der Waals surface area contributed by atoms with Crippen molar-refractivity contribution in [3.63, 3.8) is 0 Å². The number of hydrogen-bond acceptors (Lipinski definition) is 4. The Kier molecular flexibility index (Phi) is 7.32. The molecule has 0 saturated carbocycles. The Balaban J connectivity index is 2.06. The Morgan fingerprint density at radius 1 is 1.44 bits per heavy atom. The van der Waals surface area contributed by atoms with Crippen molar-refractivity contribution in [3.8, 4) is 0 Å². The van der Waals surface area contributed by atoms with Gasteiger partial charge in [0.15, 0.2) is 0 Å². The van der Waals surface area contributed by atoms with Crippen molar-refractivity contribution in [3.05, 3.63) is 0 Å². The van der Waals surface area contributed by atoms with Gasteiger partial charge in [0.1, 0.15) is 0 Å². The van der Waals surface area contributed by atoms with Crippen LogP contribution in [0.25, 0.3) is 0 Å². The standard InChI is InChI=1S/C11H22N2OS2/c12-4-2-1-3-5-13-11(14)9-6-10(7-15)16-8-9/h9-10,15H,1-8,12H2,(H,13,14). The lowest BCUT2D eigenvalue weighted by Crippen LogP contribution is -2.31. The molecule has 16 heavy (non-hydrogen) atoms. The van der Waals surface area contributed by atoms with Gasteiger partial charge in [0.25, 0.3) is 0 Å². The van der Waals surface area contributed by atoms with Crippen molar-refractivity contribution in [2.75, 3.05) is 24.6 Å². The number of hydrogen-bond donors (Lipinski definition) is 3. The zero-order valence-electron chi connectivity index (χ0n) is 9.65. The fraction of sp³-hybridized carbons (Fsp3) is 0.909. The monoisotopic (exact) mass is 262 g/mol. The van der Waals surface area contributed by atoms with E-state index < -0.39 is 0 Å². The highest BCUT2D eigenvalue weighted by molar-refractivity contribution is 8.00. The predicted molar refractivity (Wildman–Crippen MR) is 74.1 cm³/mol. The van der Waals surface area contributed by atoms with Crippen LogP contribution in [0.5, 0.6) is 0 Å². The van der Waals surface area contributed by atoms with Crippen LogP contribution in [0, 0.1) is 5.92 Å². The maximum atomic E-state index is 11.8. The number of amides is 1. The highest BCUT2D eigenvalue weighted by Crippen LogP contribution is 2.31. The van der Waals surface area contributed by atoms with E-state index >= 15 is 0 Å². The Labute approximate surface area is 108 Å². The minimum atomic E-state index is 0.205. The van der Waals surface area contributed by atoms with Gasteiger partial charge in [0, 0.05) is 29.2 Å².